The molecule has 1 rings (SSSR count). The van der Waals surface area contributed by atoms with E-state index in [1.807, 2.05) is 26.0 Å². The van der Waals surface area contributed by atoms with Gasteiger partial charge in [-0.3, -0.25) is 0 Å². The van der Waals surface area contributed by atoms with Crippen LogP contribution in [0.3, 0.4) is 0 Å². The summed E-state index contributed by atoms with van der Waals surface area (Å²) in [5.74, 6) is 0. The van der Waals surface area contributed by atoms with Gasteiger partial charge in [-0.2, -0.15) is 4.31 Å². The molecule has 0 bridgehead atoms. The van der Waals surface area contributed by atoms with Gasteiger partial charge >= 0.3 is 0 Å². The Labute approximate surface area is 128 Å². The van der Waals surface area contributed by atoms with Crippen molar-refractivity contribution in [2.24, 2.45) is 0 Å². The van der Waals surface area contributed by atoms with Gasteiger partial charge in [-0.05, 0) is 45.0 Å². The van der Waals surface area contributed by atoms with Crippen molar-refractivity contribution < 1.29 is 13.5 Å². The summed E-state index contributed by atoms with van der Waals surface area (Å²) in [5, 5.41) is 13.0. The number of nitrogens with one attached hydrogen (secondary N) is 1. The quantitative estimate of drug-likeness (QED) is 0.804. The fourth-order valence-electron chi connectivity index (χ4n) is 2.16. The van der Waals surface area contributed by atoms with Gasteiger partial charge in [0.05, 0.1) is 10.5 Å². The molecule has 2 N–H and O–H groups in total. The Bertz CT molecular complexity index is 547. The van der Waals surface area contributed by atoms with Crippen LogP contribution in [0.5, 0.6) is 0 Å². The van der Waals surface area contributed by atoms with Crippen molar-refractivity contribution in [1.82, 2.24) is 9.62 Å². The molecule has 0 spiro atoms. The molecule has 0 aromatic heterocycles. The average Bonchev–Trinajstić information content (AvgIpc) is 2.37. The maximum Gasteiger partial charge on any atom is 0.242 e. The van der Waals surface area contributed by atoms with E-state index in [0.29, 0.717) is 0 Å². The summed E-state index contributed by atoms with van der Waals surface area (Å²) >= 11 is 0. The maximum atomic E-state index is 12.4. The van der Waals surface area contributed by atoms with E-state index >= 15 is 0 Å². The second-order valence-corrected chi connectivity index (χ2v) is 7.97. The van der Waals surface area contributed by atoms with Crippen LogP contribution in [0.4, 0.5) is 0 Å². The Hall–Kier alpha value is -0.950. The van der Waals surface area contributed by atoms with E-state index in [4.69, 9.17) is 0 Å². The highest BCUT2D eigenvalue weighted by Crippen LogP contribution is 2.20. The first-order valence-corrected chi connectivity index (χ1v) is 8.54. The number of hydrogen-bond donors (Lipinski definition) is 2. The van der Waals surface area contributed by atoms with Crippen molar-refractivity contribution in [3.05, 3.63) is 29.8 Å². The van der Waals surface area contributed by atoms with Gasteiger partial charge in [0.2, 0.25) is 10.0 Å². The lowest BCUT2D eigenvalue weighted by Crippen LogP contribution is -2.39. The highest BCUT2D eigenvalue weighted by atomic mass is 32.2. The first kappa shape index (κ1) is 18.1. The smallest absolute Gasteiger partial charge is 0.242 e. The van der Waals surface area contributed by atoms with E-state index < -0.39 is 15.6 Å². The van der Waals surface area contributed by atoms with Gasteiger partial charge in [0.15, 0.2) is 0 Å². The lowest BCUT2D eigenvalue weighted by atomic mass is 10.1. The number of hydrogen-bond acceptors (Lipinski definition) is 4. The molecule has 5 nitrogen and oxygen atoms in total. The van der Waals surface area contributed by atoms with E-state index in [-0.39, 0.29) is 17.5 Å². The number of sulfonamides is 1. The van der Waals surface area contributed by atoms with Crippen LogP contribution in [0.2, 0.25) is 0 Å². The van der Waals surface area contributed by atoms with Gasteiger partial charge in [-0.1, -0.05) is 19.1 Å². The van der Waals surface area contributed by atoms with Crippen LogP contribution < -0.4 is 5.32 Å². The van der Waals surface area contributed by atoms with E-state index in [0.717, 1.165) is 12.1 Å². The summed E-state index contributed by atoms with van der Waals surface area (Å²) in [5.41, 5.74) is -0.0256. The molecular formula is C15H26N2O3S. The molecule has 21 heavy (non-hydrogen) atoms. The van der Waals surface area contributed by atoms with Crippen LogP contribution in [-0.4, -0.2) is 43.6 Å². The zero-order valence-corrected chi connectivity index (χ0v) is 14.2. The second kappa shape index (κ2) is 6.87. The van der Waals surface area contributed by atoms with Crippen LogP contribution in [0.15, 0.2) is 29.2 Å². The highest BCUT2D eigenvalue weighted by molar-refractivity contribution is 7.89. The monoisotopic (exact) mass is 314 g/mol. The number of rotatable bonds is 7. The third-order valence-electron chi connectivity index (χ3n) is 3.21. The van der Waals surface area contributed by atoms with Crippen LogP contribution in [0.25, 0.3) is 0 Å². The van der Waals surface area contributed by atoms with Crippen molar-refractivity contribution >= 4 is 10.0 Å². The molecule has 1 aromatic carbocycles. The lowest BCUT2D eigenvalue weighted by molar-refractivity contribution is 0.0640. The van der Waals surface area contributed by atoms with Crippen molar-refractivity contribution in [3.8, 4) is 0 Å². The summed E-state index contributed by atoms with van der Waals surface area (Å²) in [6.07, 6.45) is 0. The Morgan fingerprint density at radius 2 is 1.81 bits per heavy atom. The maximum absolute atomic E-state index is 12.4. The number of aliphatic hydroxyl groups is 1. The standard InChI is InChI=1S/C15H26N2O3S/c1-6-16-12(2)13-7-9-14(10-8-13)21(19,20)17(5)11-15(3,4)18/h7-10,12,16,18H,6,11H2,1-5H3. The zero-order chi connectivity index (χ0) is 16.3. The van der Waals surface area contributed by atoms with Gasteiger partial charge in [0.25, 0.3) is 0 Å². The largest absolute Gasteiger partial charge is 0.389 e. The average molecular weight is 314 g/mol. The molecule has 0 heterocycles. The normalized spacial score (nSPS) is 14.4. The molecule has 0 fully saturated rings. The second-order valence-electron chi connectivity index (χ2n) is 5.92. The Morgan fingerprint density at radius 1 is 1.29 bits per heavy atom. The molecule has 1 atom stereocenters. The minimum absolute atomic E-state index is 0.0465. The molecule has 1 unspecified atom stereocenters. The van der Waals surface area contributed by atoms with E-state index in [1.54, 1.807) is 26.0 Å². The van der Waals surface area contributed by atoms with Crippen LogP contribution in [0, 0.1) is 0 Å². The molecule has 0 aliphatic heterocycles. The topological polar surface area (TPSA) is 69.6 Å². The van der Waals surface area contributed by atoms with Crippen LogP contribution in [-0.2, 0) is 10.0 Å². The first-order chi connectivity index (χ1) is 9.58. The predicted octanol–water partition coefficient (Wildman–Crippen LogP) is 1.75. The van der Waals surface area contributed by atoms with Gasteiger partial charge in [0, 0.05) is 19.6 Å². The molecule has 0 aliphatic rings. The van der Waals surface area contributed by atoms with Crippen LogP contribution >= 0.6 is 0 Å². The Morgan fingerprint density at radius 3 is 2.24 bits per heavy atom. The molecule has 120 valence electrons. The van der Waals surface area contributed by atoms with Crippen molar-refractivity contribution in [2.75, 3.05) is 20.1 Å². The summed E-state index contributed by atoms with van der Waals surface area (Å²) in [6, 6.07) is 7.04. The van der Waals surface area contributed by atoms with Gasteiger partial charge < -0.3 is 10.4 Å². The van der Waals surface area contributed by atoms with E-state index in [2.05, 4.69) is 5.32 Å². The van der Waals surface area contributed by atoms with Gasteiger partial charge in [0.1, 0.15) is 0 Å². The summed E-state index contributed by atoms with van der Waals surface area (Å²) in [6.45, 7) is 8.13. The van der Waals surface area contributed by atoms with Crippen molar-refractivity contribution in [1.29, 1.82) is 0 Å². The fraction of sp³-hybridized carbons (Fsp3) is 0.600. The van der Waals surface area contributed by atoms with Crippen molar-refractivity contribution in [3.63, 3.8) is 0 Å². The molecule has 0 saturated carbocycles. The predicted molar refractivity (Wildman–Crippen MR) is 84.6 cm³/mol. The summed E-state index contributed by atoms with van der Waals surface area (Å²) in [7, 11) is -2.10. The molecule has 0 amide bonds. The minimum Gasteiger partial charge on any atom is -0.389 e. The lowest BCUT2D eigenvalue weighted by Gasteiger charge is -2.25. The van der Waals surface area contributed by atoms with Gasteiger partial charge in [-0.25, -0.2) is 8.42 Å². The third-order valence-corrected chi connectivity index (χ3v) is 5.03. The van der Waals surface area contributed by atoms with E-state index in [1.165, 1.54) is 11.4 Å². The highest BCUT2D eigenvalue weighted by Gasteiger charge is 2.26. The number of likely N-dealkylation sites (N-methyl/N-ethyl adjacent to an activating group) is 1. The molecule has 6 heteroatoms. The minimum atomic E-state index is -3.57. The van der Waals surface area contributed by atoms with Gasteiger partial charge in [-0.15, -0.1) is 0 Å². The van der Waals surface area contributed by atoms with Crippen LogP contribution in [0.1, 0.15) is 39.3 Å². The number of nitrogens with zero attached hydrogens (tertiary/aromatic N) is 1. The Balaban J connectivity index is 2.95. The van der Waals surface area contributed by atoms with Crippen molar-refractivity contribution in [2.45, 2.75) is 44.2 Å². The molecule has 0 radical (unpaired) electrons. The van der Waals surface area contributed by atoms with E-state index in [9.17, 15) is 13.5 Å². The molecule has 1 aromatic rings. The Kier molecular flexibility index (Phi) is 5.92. The molecular weight excluding hydrogens is 288 g/mol. The fourth-order valence-corrected chi connectivity index (χ4v) is 3.49. The molecule has 0 aliphatic carbocycles. The first-order valence-electron chi connectivity index (χ1n) is 7.10. The number of benzene rings is 1. The SMILES string of the molecule is CCNC(C)c1ccc(S(=O)(=O)N(C)CC(C)(C)O)cc1. The summed E-state index contributed by atoms with van der Waals surface area (Å²) < 4.78 is 26.0. The third kappa shape index (κ3) is 5.07. The summed E-state index contributed by atoms with van der Waals surface area (Å²) in [4.78, 5) is 0.238. The molecule has 0 saturated heterocycles. The zero-order valence-electron chi connectivity index (χ0n) is 13.4.